The van der Waals surface area contributed by atoms with Gasteiger partial charge in [0.15, 0.2) is 6.29 Å². The van der Waals surface area contributed by atoms with Gasteiger partial charge in [0.25, 0.3) is 9.70 Å². The summed E-state index contributed by atoms with van der Waals surface area (Å²) in [7, 11) is 0. The lowest BCUT2D eigenvalue weighted by Crippen LogP contribution is -2.45. The van der Waals surface area contributed by atoms with Gasteiger partial charge in [-0.3, -0.25) is 9.69 Å². The van der Waals surface area contributed by atoms with E-state index < -0.39 is 16.0 Å². The monoisotopic (exact) mass is 609 g/mol. The number of benzene rings is 2. The highest BCUT2D eigenvalue weighted by atomic mass is 35.6. The predicted octanol–water partition coefficient (Wildman–Crippen LogP) is 5.27. The summed E-state index contributed by atoms with van der Waals surface area (Å²) in [6.45, 7) is 5.83. The Labute approximate surface area is 251 Å². The molecule has 0 bridgehead atoms. The van der Waals surface area contributed by atoms with Crippen molar-refractivity contribution in [3.63, 3.8) is 0 Å². The molecule has 3 heterocycles. The van der Waals surface area contributed by atoms with Crippen LogP contribution >= 0.6 is 34.8 Å². The van der Waals surface area contributed by atoms with Crippen LogP contribution in [0.2, 0.25) is 0 Å². The van der Waals surface area contributed by atoms with E-state index in [1.807, 2.05) is 48.5 Å². The number of rotatable bonds is 9. The van der Waals surface area contributed by atoms with Gasteiger partial charge in [0.1, 0.15) is 0 Å². The minimum Gasteiger partial charge on any atom is -0.392 e. The summed E-state index contributed by atoms with van der Waals surface area (Å²) < 4.78 is 11.1. The highest BCUT2D eigenvalue weighted by Gasteiger charge is 2.36. The number of hydrogen-bond donors (Lipinski definition) is 2. The first-order valence-corrected chi connectivity index (χ1v) is 15.3. The van der Waals surface area contributed by atoms with Gasteiger partial charge in [-0.2, -0.15) is 0 Å². The predicted molar refractivity (Wildman–Crippen MR) is 157 cm³/mol. The summed E-state index contributed by atoms with van der Waals surface area (Å²) in [6, 6.07) is 16.3. The highest BCUT2D eigenvalue weighted by Crippen LogP contribution is 2.39. The third kappa shape index (κ3) is 7.90. The Hall–Kier alpha value is -1.42. The minimum atomic E-state index is -1.99. The molecule has 0 radical (unpaired) electrons. The first-order valence-electron chi connectivity index (χ1n) is 14.2. The molecule has 0 aromatic heterocycles. The van der Waals surface area contributed by atoms with Crippen LogP contribution in [0.3, 0.4) is 0 Å². The summed E-state index contributed by atoms with van der Waals surface area (Å²) in [5.41, 5.74) is 3.74. The second kappa shape index (κ2) is 13.7. The Morgan fingerprint density at radius 1 is 0.900 bits per heavy atom. The molecule has 4 atom stereocenters. The first-order chi connectivity index (χ1) is 19.3. The van der Waals surface area contributed by atoms with Gasteiger partial charge in [-0.15, -0.1) is 0 Å². The van der Waals surface area contributed by atoms with E-state index >= 15 is 0 Å². The summed E-state index contributed by atoms with van der Waals surface area (Å²) >= 11 is 17.0. The fourth-order valence-corrected chi connectivity index (χ4v) is 6.18. The normalized spacial score (nSPS) is 26.3. The van der Waals surface area contributed by atoms with Gasteiger partial charge in [0.05, 0.1) is 18.8 Å². The van der Waals surface area contributed by atoms with Gasteiger partial charge >= 0.3 is 0 Å². The summed E-state index contributed by atoms with van der Waals surface area (Å²) in [6.07, 6.45) is 5.23. The number of hydrogen-bond acceptors (Lipinski definition) is 6. The zero-order chi connectivity index (χ0) is 28.1. The lowest BCUT2D eigenvalue weighted by atomic mass is 9.99. The molecule has 40 heavy (non-hydrogen) atoms. The quantitative estimate of drug-likeness (QED) is 0.377. The lowest BCUT2D eigenvalue weighted by molar-refractivity contribution is -0.253. The Kier molecular flexibility index (Phi) is 10.3. The van der Waals surface area contributed by atoms with Crippen LogP contribution in [-0.2, 0) is 27.4 Å². The Bertz CT molecular complexity index is 1110. The second-order valence-corrected chi connectivity index (χ2v) is 13.4. The number of nitrogens with one attached hydrogen (secondary N) is 1. The van der Waals surface area contributed by atoms with Crippen molar-refractivity contribution in [2.75, 3.05) is 32.7 Å². The number of likely N-dealkylation sites (tertiary alicyclic amines) is 2. The van der Waals surface area contributed by atoms with Gasteiger partial charge in [-0.25, -0.2) is 0 Å². The van der Waals surface area contributed by atoms with E-state index in [-0.39, 0.29) is 25.4 Å². The van der Waals surface area contributed by atoms with Crippen molar-refractivity contribution in [2.24, 2.45) is 0 Å². The van der Waals surface area contributed by atoms with Crippen LogP contribution in [0, 0.1) is 0 Å². The molecule has 2 aromatic carbocycles. The molecule has 2 N–H and O–H groups in total. The molecular formula is C30H38Cl3N3O4. The first kappa shape index (κ1) is 30.1. The van der Waals surface area contributed by atoms with Gasteiger partial charge in [0.2, 0.25) is 0 Å². The van der Waals surface area contributed by atoms with E-state index in [1.165, 1.54) is 38.8 Å². The molecule has 2 aromatic rings. The summed E-state index contributed by atoms with van der Waals surface area (Å²) in [5, 5.41) is 12.1. The number of carbonyl (C=O) groups excluding carboxylic acids is 1. The van der Waals surface area contributed by atoms with Crippen molar-refractivity contribution < 1.29 is 19.4 Å². The maximum atomic E-state index is 11.9. The third-order valence-corrected chi connectivity index (χ3v) is 8.70. The number of alkyl halides is 3. The van der Waals surface area contributed by atoms with E-state index in [9.17, 15) is 9.90 Å². The molecular weight excluding hydrogens is 573 g/mol. The van der Waals surface area contributed by atoms with Gasteiger partial charge < -0.3 is 24.8 Å². The van der Waals surface area contributed by atoms with Crippen LogP contribution in [0.5, 0.6) is 0 Å². The van der Waals surface area contributed by atoms with Crippen LogP contribution in [0.15, 0.2) is 48.5 Å². The van der Waals surface area contributed by atoms with Gasteiger partial charge in [0, 0.05) is 37.7 Å². The molecule has 3 fully saturated rings. The molecule has 5 rings (SSSR count). The van der Waals surface area contributed by atoms with Crippen molar-refractivity contribution >= 4 is 40.7 Å². The largest absolute Gasteiger partial charge is 0.392 e. The van der Waals surface area contributed by atoms with Crippen LogP contribution in [-0.4, -0.2) is 69.5 Å². The average Bonchev–Trinajstić information content (AvgIpc) is 3.64. The van der Waals surface area contributed by atoms with Crippen LogP contribution in [0.1, 0.15) is 66.8 Å². The molecule has 7 nitrogen and oxygen atoms in total. The fourth-order valence-electron chi connectivity index (χ4n) is 5.98. The zero-order valence-corrected chi connectivity index (χ0v) is 24.9. The molecule has 0 spiro atoms. The standard InChI is InChI=1S/C30H38Cl3N3O4/c31-30(32,33)29(38)34-17-21-5-11-24(12-6-21)28-39-26(16-27(40-28)23-9-7-22(20-37)8-10-23)19-36-15-3-4-25(36)18-35-13-1-2-14-35/h5-12,25-28,37H,1-4,13-20H2,(H,34,38). The lowest BCUT2D eigenvalue weighted by Gasteiger charge is -2.39. The molecule has 10 heteroatoms. The maximum absolute atomic E-state index is 11.9. The van der Waals surface area contributed by atoms with Gasteiger partial charge in [-0.1, -0.05) is 83.3 Å². The SMILES string of the molecule is O=C(NCc1ccc(C2OC(CN3CCCC3CN3CCCC3)CC(c3ccc(CO)cc3)O2)cc1)C(Cl)(Cl)Cl. The van der Waals surface area contributed by atoms with Crippen LogP contribution in [0.25, 0.3) is 0 Å². The van der Waals surface area contributed by atoms with Crippen molar-refractivity contribution in [3.05, 3.63) is 70.8 Å². The Morgan fingerprint density at radius 2 is 1.57 bits per heavy atom. The van der Waals surface area contributed by atoms with Crippen molar-refractivity contribution in [2.45, 2.75) is 73.6 Å². The number of amides is 1. The Balaban J connectivity index is 1.28. The molecule has 4 unspecified atom stereocenters. The average molecular weight is 611 g/mol. The smallest absolute Gasteiger partial charge is 0.272 e. The van der Waals surface area contributed by atoms with Crippen molar-refractivity contribution in [1.82, 2.24) is 15.1 Å². The van der Waals surface area contributed by atoms with E-state index in [0.717, 1.165) is 48.3 Å². The van der Waals surface area contributed by atoms with Crippen LogP contribution in [0.4, 0.5) is 0 Å². The third-order valence-electron chi connectivity index (χ3n) is 8.18. The molecule has 3 saturated heterocycles. The number of carbonyl (C=O) groups is 1. The van der Waals surface area contributed by atoms with Gasteiger partial charge in [-0.05, 0) is 62.0 Å². The highest BCUT2D eigenvalue weighted by molar-refractivity contribution is 6.76. The van der Waals surface area contributed by atoms with Crippen molar-refractivity contribution in [1.29, 1.82) is 0 Å². The topological polar surface area (TPSA) is 74.3 Å². The van der Waals surface area contributed by atoms with E-state index in [1.54, 1.807) is 0 Å². The number of halogens is 3. The van der Waals surface area contributed by atoms with E-state index in [0.29, 0.717) is 6.04 Å². The number of aliphatic hydroxyl groups is 1. The number of nitrogens with zero attached hydrogens (tertiary/aromatic N) is 2. The Morgan fingerprint density at radius 3 is 2.25 bits per heavy atom. The molecule has 1 amide bonds. The maximum Gasteiger partial charge on any atom is 0.272 e. The molecule has 0 aliphatic carbocycles. The van der Waals surface area contributed by atoms with Crippen molar-refractivity contribution in [3.8, 4) is 0 Å². The number of ether oxygens (including phenoxy) is 2. The molecule has 0 saturated carbocycles. The second-order valence-electron chi connectivity index (χ2n) is 11.1. The zero-order valence-electron chi connectivity index (χ0n) is 22.6. The summed E-state index contributed by atoms with van der Waals surface area (Å²) in [5.74, 6) is -0.664. The fraction of sp³-hybridized carbons (Fsp3) is 0.567. The van der Waals surface area contributed by atoms with E-state index in [2.05, 4.69) is 15.1 Å². The van der Waals surface area contributed by atoms with Crippen LogP contribution < -0.4 is 5.32 Å². The molecule has 3 aliphatic heterocycles. The molecule has 3 aliphatic rings. The molecule has 218 valence electrons. The number of aliphatic hydroxyl groups excluding tert-OH is 1. The minimum absolute atomic E-state index is 0.0159. The van der Waals surface area contributed by atoms with E-state index in [4.69, 9.17) is 44.3 Å². The summed E-state index contributed by atoms with van der Waals surface area (Å²) in [4.78, 5) is 17.1.